The van der Waals surface area contributed by atoms with Crippen LogP contribution >= 0.6 is 11.6 Å². The number of halogens is 1. The van der Waals surface area contributed by atoms with E-state index < -0.39 is 0 Å². The molecule has 0 saturated carbocycles. The van der Waals surface area contributed by atoms with Gasteiger partial charge in [-0.15, -0.1) is 0 Å². The number of nitrogens with one attached hydrogen (secondary N) is 2. The van der Waals surface area contributed by atoms with Crippen LogP contribution in [-0.2, 0) is 0 Å². The van der Waals surface area contributed by atoms with Gasteiger partial charge in [-0.2, -0.15) is 0 Å². The molecule has 0 radical (unpaired) electrons. The van der Waals surface area contributed by atoms with E-state index >= 15 is 0 Å². The van der Waals surface area contributed by atoms with E-state index in [4.69, 9.17) is 16.1 Å². The fourth-order valence-corrected chi connectivity index (χ4v) is 2.91. The largest absolute Gasteiger partial charge is 0.355 e. The van der Waals surface area contributed by atoms with Crippen LogP contribution in [0.3, 0.4) is 0 Å². The predicted octanol–water partition coefficient (Wildman–Crippen LogP) is 3.11. The second-order valence-electron chi connectivity index (χ2n) is 5.84. The van der Waals surface area contributed by atoms with Crippen molar-refractivity contribution in [3.8, 4) is 11.3 Å². The highest BCUT2D eigenvalue weighted by atomic mass is 35.5. The van der Waals surface area contributed by atoms with E-state index in [1.807, 2.05) is 12.1 Å². The van der Waals surface area contributed by atoms with Gasteiger partial charge in [-0.1, -0.05) is 16.8 Å². The first-order valence-electron chi connectivity index (χ1n) is 7.94. The maximum Gasteiger partial charge on any atom is 0.273 e. The number of benzene rings is 1. The number of nitrogens with zero attached hydrogens (tertiary/aromatic N) is 1. The van der Waals surface area contributed by atoms with Crippen LogP contribution in [0.5, 0.6) is 0 Å². The van der Waals surface area contributed by atoms with Gasteiger partial charge in [0.05, 0.1) is 0 Å². The Bertz CT molecular complexity index is 648. The minimum absolute atomic E-state index is 0.197. The number of aromatic nitrogens is 1. The zero-order valence-corrected chi connectivity index (χ0v) is 13.6. The van der Waals surface area contributed by atoms with Crippen molar-refractivity contribution in [2.24, 2.45) is 5.92 Å². The first-order chi connectivity index (χ1) is 11.2. The SMILES string of the molecule is O=C(NCCC1CCCNC1)c1cc(-c2ccc(Cl)cc2)on1. The number of hydrogen-bond donors (Lipinski definition) is 2. The minimum Gasteiger partial charge on any atom is -0.355 e. The lowest BCUT2D eigenvalue weighted by molar-refractivity contribution is 0.0941. The highest BCUT2D eigenvalue weighted by Crippen LogP contribution is 2.22. The smallest absolute Gasteiger partial charge is 0.273 e. The van der Waals surface area contributed by atoms with Crippen molar-refractivity contribution in [1.29, 1.82) is 0 Å². The molecule has 0 spiro atoms. The molecule has 1 atom stereocenters. The second kappa shape index (κ2) is 7.62. The normalized spacial score (nSPS) is 17.9. The summed E-state index contributed by atoms with van der Waals surface area (Å²) in [7, 11) is 0. The van der Waals surface area contributed by atoms with Gasteiger partial charge in [-0.3, -0.25) is 4.79 Å². The number of piperidine rings is 1. The molecular weight excluding hydrogens is 314 g/mol. The van der Waals surface area contributed by atoms with Crippen molar-refractivity contribution in [2.45, 2.75) is 19.3 Å². The van der Waals surface area contributed by atoms with Crippen LogP contribution in [0.2, 0.25) is 5.02 Å². The first kappa shape index (κ1) is 16.0. The maximum atomic E-state index is 12.1. The molecule has 0 bridgehead atoms. The molecular formula is C17H20ClN3O2. The lowest BCUT2D eigenvalue weighted by Crippen LogP contribution is -2.33. The summed E-state index contributed by atoms with van der Waals surface area (Å²) in [6.07, 6.45) is 3.43. The number of carbonyl (C=O) groups excluding carboxylic acids is 1. The van der Waals surface area contributed by atoms with E-state index in [9.17, 15) is 4.79 Å². The molecule has 122 valence electrons. The summed E-state index contributed by atoms with van der Waals surface area (Å²) in [4.78, 5) is 12.1. The maximum absolute atomic E-state index is 12.1. The van der Waals surface area contributed by atoms with E-state index in [1.54, 1.807) is 18.2 Å². The second-order valence-corrected chi connectivity index (χ2v) is 6.28. The zero-order valence-electron chi connectivity index (χ0n) is 12.8. The molecule has 2 heterocycles. The van der Waals surface area contributed by atoms with Gasteiger partial charge in [0.15, 0.2) is 11.5 Å². The molecule has 2 aromatic rings. The van der Waals surface area contributed by atoms with Crippen LogP contribution in [0.25, 0.3) is 11.3 Å². The molecule has 1 unspecified atom stereocenters. The van der Waals surface area contributed by atoms with E-state index in [0.29, 0.717) is 28.9 Å². The Hall–Kier alpha value is -1.85. The lowest BCUT2D eigenvalue weighted by atomic mass is 9.96. The van der Waals surface area contributed by atoms with Crippen LogP contribution in [0.4, 0.5) is 0 Å². The van der Waals surface area contributed by atoms with Gasteiger partial charge in [-0.05, 0) is 62.5 Å². The monoisotopic (exact) mass is 333 g/mol. The van der Waals surface area contributed by atoms with Crippen LogP contribution in [0.15, 0.2) is 34.9 Å². The number of rotatable bonds is 5. The van der Waals surface area contributed by atoms with E-state index in [1.165, 1.54) is 12.8 Å². The van der Waals surface area contributed by atoms with E-state index in [2.05, 4.69) is 15.8 Å². The van der Waals surface area contributed by atoms with Gasteiger partial charge >= 0.3 is 0 Å². The molecule has 6 heteroatoms. The average Bonchev–Trinajstić information content (AvgIpc) is 3.06. The summed E-state index contributed by atoms with van der Waals surface area (Å²) in [6, 6.07) is 8.87. The molecule has 5 nitrogen and oxygen atoms in total. The molecule has 1 aromatic carbocycles. The van der Waals surface area contributed by atoms with Crippen LogP contribution in [0.1, 0.15) is 29.8 Å². The summed E-state index contributed by atoms with van der Waals surface area (Å²) in [5.74, 6) is 1.01. The molecule has 1 aliphatic rings. The Morgan fingerprint density at radius 2 is 2.22 bits per heavy atom. The Morgan fingerprint density at radius 3 is 2.96 bits per heavy atom. The van der Waals surface area contributed by atoms with Crippen LogP contribution in [0, 0.1) is 5.92 Å². The molecule has 3 rings (SSSR count). The molecule has 2 N–H and O–H groups in total. The van der Waals surface area contributed by atoms with Gasteiger partial charge in [0, 0.05) is 23.2 Å². The molecule has 1 saturated heterocycles. The van der Waals surface area contributed by atoms with Gasteiger partial charge in [0.1, 0.15) is 0 Å². The van der Waals surface area contributed by atoms with Gasteiger partial charge in [0.25, 0.3) is 5.91 Å². The summed E-state index contributed by atoms with van der Waals surface area (Å²) in [6.45, 7) is 2.81. The van der Waals surface area contributed by atoms with Crippen molar-refractivity contribution in [3.05, 3.63) is 41.0 Å². The highest BCUT2D eigenvalue weighted by molar-refractivity contribution is 6.30. The van der Waals surface area contributed by atoms with E-state index in [-0.39, 0.29) is 5.91 Å². The van der Waals surface area contributed by atoms with Crippen molar-refractivity contribution < 1.29 is 9.32 Å². The number of carbonyl (C=O) groups is 1. The quantitative estimate of drug-likeness (QED) is 0.882. The van der Waals surface area contributed by atoms with Crippen LogP contribution in [-0.4, -0.2) is 30.7 Å². The van der Waals surface area contributed by atoms with E-state index in [0.717, 1.165) is 25.1 Å². The fraction of sp³-hybridized carbons (Fsp3) is 0.412. The van der Waals surface area contributed by atoms with Crippen LogP contribution < -0.4 is 10.6 Å². The standard InChI is InChI=1S/C17H20ClN3O2/c18-14-5-3-13(4-6-14)16-10-15(21-23-16)17(22)20-9-7-12-2-1-8-19-11-12/h3-6,10,12,19H,1-2,7-9,11H2,(H,20,22). The third-order valence-electron chi connectivity index (χ3n) is 4.11. The van der Waals surface area contributed by atoms with Crippen molar-refractivity contribution in [3.63, 3.8) is 0 Å². The predicted molar refractivity (Wildman–Crippen MR) is 89.5 cm³/mol. The van der Waals surface area contributed by atoms with Gasteiger partial charge in [-0.25, -0.2) is 0 Å². The summed E-state index contributed by atoms with van der Waals surface area (Å²) in [5, 5.41) is 10.8. The first-order valence-corrected chi connectivity index (χ1v) is 8.32. The molecule has 1 aliphatic heterocycles. The van der Waals surface area contributed by atoms with Crippen molar-refractivity contribution in [1.82, 2.24) is 15.8 Å². The minimum atomic E-state index is -0.197. The lowest BCUT2D eigenvalue weighted by Gasteiger charge is -2.22. The van der Waals surface area contributed by atoms with Crippen molar-refractivity contribution in [2.75, 3.05) is 19.6 Å². The third kappa shape index (κ3) is 4.33. The summed E-state index contributed by atoms with van der Waals surface area (Å²) >= 11 is 5.86. The number of amides is 1. The van der Waals surface area contributed by atoms with Crippen molar-refractivity contribution >= 4 is 17.5 Å². The average molecular weight is 334 g/mol. The Balaban J connectivity index is 1.52. The Kier molecular flexibility index (Phi) is 5.31. The summed E-state index contributed by atoms with van der Waals surface area (Å²) < 4.78 is 5.24. The highest BCUT2D eigenvalue weighted by Gasteiger charge is 2.16. The van der Waals surface area contributed by atoms with Gasteiger partial charge < -0.3 is 15.2 Å². The topological polar surface area (TPSA) is 67.2 Å². The summed E-state index contributed by atoms with van der Waals surface area (Å²) in [5.41, 5.74) is 1.14. The molecule has 1 aromatic heterocycles. The third-order valence-corrected chi connectivity index (χ3v) is 4.36. The molecule has 0 aliphatic carbocycles. The molecule has 1 amide bonds. The zero-order chi connectivity index (χ0) is 16.1. The molecule has 23 heavy (non-hydrogen) atoms. The Morgan fingerprint density at radius 1 is 1.39 bits per heavy atom. The number of hydrogen-bond acceptors (Lipinski definition) is 4. The molecule has 1 fully saturated rings. The fourth-order valence-electron chi connectivity index (χ4n) is 2.78. The van der Waals surface area contributed by atoms with Gasteiger partial charge in [0.2, 0.25) is 0 Å². The Labute approximate surface area is 140 Å².